The molecule has 1 aliphatic heterocycles. The molecule has 0 fully saturated rings. The molecule has 8 nitrogen and oxygen atoms in total. The van der Waals surface area contributed by atoms with E-state index >= 15 is 0 Å². The molecule has 0 spiro atoms. The number of anilines is 1. The molecule has 0 saturated carbocycles. The highest BCUT2D eigenvalue weighted by molar-refractivity contribution is 6.10. The Morgan fingerprint density at radius 2 is 1.55 bits per heavy atom. The first kappa shape index (κ1) is 26.9. The highest BCUT2D eigenvalue weighted by Gasteiger charge is 2.41. The summed E-state index contributed by atoms with van der Waals surface area (Å²) >= 11 is 0. The summed E-state index contributed by atoms with van der Waals surface area (Å²) in [5.74, 6) is 1.03. The maximum absolute atomic E-state index is 13.9. The molecular formula is C32H32N2O6. The second-order valence-electron chi connectivity index (χ2n) is 9.91. The van der Waals surface area contributed by atoms with Crippen molar-refractivity contribution in [3.05, 3.63) is 100 Å². The molecule has 3 N–H and O–H groups in total. The summed E-state index contributed by atoms with van der Waals surface area (Å²) in [6, 6.07) is 19.5. The number of methoxy groups -OCH3 is 3. The van der Waals surface area contributed by atoms with E-state index in [0.29, 0.717) is 46.2 Å². The monoisotopic (exact) mass is 540 g/mol. The van der Waals surface area contributed by atoms with Gasteiger partial charge in [-0.2, -0.15) is 0 Å². The van der Waals surface area contributed by atoms with E-state index in [1.54, 1.807) is 69.9 Å². The summed E-state index contributed by atoms with van der Waals surface area (Å²) in [6.45, 7) is 1.85. The SMILES string of the molecule is COc1ccc(NC(=O)C2=C(C)NC3=C(C(=O)C[C@@H](c4ccc(OC)c(OC)c4)C3)[C@@H]2c2ccc(O)cc2)cc1. The van der Waals surface area contributed by atoms with Crippen molar-refractivity contribution in [3.63, 3.8) is 0 Å². The van der Waals surface area contributed by atoms with Crippen LogP contribution in [0, 0.1) is 0 Å². The first-order chi connectivity index (χ1) is 19.3. The zero-order valence-corrected chi connectivity index (χ0v) is 22.9. The van der Waals surface area contributed by atoms with Crippen molar-refractivity contribution in [3.8, 4) is 23.0 Å². The lowest BCUT2D eigenvalue weighted by molar-refractivity contribution is -0.116. The Morgan fingerprint density at radius 3 is 2.20 bits per heavy atom. The van der Waals surface area contributed by atoms with Crippen LogP contribution in [0.3, 0.4) is 0 Å². The summed E-state index contributed by atoms with van der Waals surface area (Å²) in [7, 11) is 4.76. The van der Waals surface area contributed by atoms with Crippen molar-refractivity contribution in [1.82, 2.24) is 5.32 Å². The van der Waals surface area contributed by atoms with Crippen molar-refractivity contribution in [2.24, 2.45) is 0 Å². The van der Waals surface area contributed by atoms with Crippen LogP contribution in [0.1, 0.15) is 42.7 Å². The van der Waals surface area contributed by atoms with Crippen LogP contribution in [-0.2, 0) is 9.59 Å². The average molecular weight is 541 g/mol. The summed E-state index contributed by atoms with van der Waals surface area (Å²) in [4.78, 5) is 27.6. The van der Waals surface area contributed by atoms with E-state index in [0.717, 1.165) is 16.8 Å². The number of rotatable bonds is 7. The van der Waals surface area contributed by atoms with E-state index in [1.807, 2.05) is 25.1 Å². The van der Waals surface area contributed by atoms with E-state index in [1.165, 1.54) is 0 Å². The number of phenolic OH excluding ortho intramolecular Hbond substituents is 1. The van der Waals surface area contributed by atoms with Crippen molar-refractivity contribution in [1.29, 1.82) is 0 Å². The van der Waals surface area contributed by atoms with Crippen molar-refractivity contribution >= 4 is 17.4 Å². The number of Topliss-reactive ketones (excluding diaryl/α,β-unsaturated/α-hetero) is 1. The van der Waals surface area contributed by atoms with Crippen molar-refractivity contribution < 1.29 is 28.9 Å². The number of allylic oxidation sites excluding steroid dienone is 3. The number of ketones is 1. The lowest BCUT2D eigenvalue weighted by Gasteiger charge is -2.37. The van der Waals surface area contributed by atoms with Crippen LogP contribution in [-0.4, -0.2) is 38.1 Å². The second kappa shape index (κ2) is 11.2. The third-order valence-electron chi connectivity index (χ3n) is 7.53. The normalized spacial score (nSPS) is 18.6. The number of benzene rings is 3. The zero-order valence-electron chi connectivity index (χ0n) is 22.9. The van der Waals surface area contributed by atoms with Gasteiger partial charge in [-0.1, -0.05) is 18.2 Å². The van der Waals surface area contributed by atoms with Crippen LogP contribution in [0.2, 0.25) is 0 Å². The lowest BCUT2D eigenvalue weighted by Crippen LogP contribution is -2.37. The van der Waals surface area contributed by atoms with Gasteiger partial charge >= 0.3 is 0 Å². The van der Waals surface area contributed by atoms with E-state index in [-0.39, 0.29) is 29.8 Å². The largest absolute Gasteiger partial charge is 0.508 e. The summed E-state index contributed by atoms with van der Waals surface area (Å²) in [6.07, 6.45) is 0.882. The Morgan fingerprint density at radius 1 is 0.875 bits per heavy atom. The van der Waals surface area contributed by atoms with E-state index in [2.05, 4.69) is 10.6 Å². The molecule has 1 heterocycles. The fourth-order valence-corrected chi connectivity index (χ4v) is 5.56. The van der Waals surface area contributed by atoms with Crippen LogP contribution in [0.4, 0.5) is 5.69 Å². The molecule has 206 valence electrons. The van der Waals surface area contributed by atoms with Gasteiger partial charge in [-0.05, 0) is 78.9 Å². The quantitative estimate of drug-likeness (QED) is 0.368. The number of dihydropyridines is 1. The van der Waals surface area contributed by atoms with Gasteiger partial charge in [-0.25, -0.2) is 0 Å². The Hall–Kier alpha value is -4.72. The van der Waals surface area contributed by atoms with Crippen molar-refractivity contribution in [2.45, 2.75) is 31.6 Å². The maximum atomic E-state index is 13.9. The van der Waals surface area contributed by atoms with Crippen LogP contribution < -0.4 is 24.8 Å². The second-order valence-corrected chi connectivity index (χ2v) is 9.91. The fraction of sp³-hybridized carbons (Fsp3) is 0.250. The summed E-state index contributed by atoms with van der Waals surface area (Å²) in [5.41, 5.74) is 4.84. The highest BCUT2D eigenvalue weighted by atomic mass is 16.5. The number of aromatic hydroxyl groups is 1. The number of amides is 1. The molecule has 3 aromatic carbocycles. The molecule has 3 aromatic rings. The first-order valence-electron chi connectivity index (χ1n) is 13.0. The molecule has 2 atom stereocenters. The third-order valence-corrected chi connectivity index (χ3v) is 7.53. The zero-order chi connectivity index (χ0) is 28.4. The van der Waals surface area contributed by atoms with Crippen LogP contribution in [0.25, 0.3) is 0 Å². The Balaban J connectivity index is 1.52. The first-order valence-corrected chi connectivity index (χ1v) is 13.0. The number of hydrogen-bond donors (Lipinski definition) is 3. The molecule has 5 rings (SSSR count). The maximum Gasteiger partial charge on any atom is 0.254 e. The van der Waals surface area contributed by atoms with E-state index in [4.69, 9.17) is 14.2 Å². The van der Waals surface area contributed by atoms with Gasteiger partial charge in [0.15, 0.2) is 17.3 Å². The van der Waals surface area contributed by atoms with Crippen molar-refractivity contribution in [2.75, 3.05) is 26.6 Å². The molecule has 8 heteroatoms. The summed E-state index contributed by atoms with van der Waals surface area (Å²) in [5, 5.41) is 16.3. The smallest absolute Gasteiger partial charge is 0.254 e. The average Bonchev–Trinajstić information content (AvgIpc) is 2.96. The number of carbonyl (C=O) groups is 2. The van der Waals surface area contributed by atoms with Gasteiger partial charge in [0.1, 0.15) is 11.5 Å². The van der Waals surface area contributed by atoms with Crippen LogP contribution in [0.15, 0.2) is 89.3 Å². The molecule has 0 radical (unpaired) electrons. The lowest BCUT2D eigenvalue weighted by atomic mass is 9.71. The van der Waals surface area contributed by atoms with Gasteiger partial charge in [0.05, 0.1) is 21.3 Å². The van der Waals surface area contributed by atoms with E-state index < -0.39 is 5.92 Å². The predicted molar refractivity (Wildman–Crippen MR) is 152 cm³/mol. The number of phenols is 1. The van der Waals surface area contributed by atoms with Crippen LogP contribution >= 0.6 is 0 Å². The number of hydrogen-bond acceptors (Lipinski definition) is 7. The molecule has 40 heavy (non-hydrogen) atoms. The van der Waals surface area contributed by atoms with Gasteiger partial charge in [0.25, 0.3) is 5.91 Å². The van der Waals surface area contributed by atoms with Gasteiger partial charge in [-0.15, -0.1) is 0 Å². The van der Waals surface area contributed by atoms with Gasteiger partial charge in [-0.3, -0.25) is 9.59 Å². The topological polar surface area (TPSA) is 106 Å². The molecule has 0 aromatic heterocycles. The Bertz CT molecular complexity index is 1510. The molecule has 2 aliphatic rings. The molecule has 1 aliphatic carbocycles. The fourth-order valence-electron chi connectivity index (χ4n) is 5.56. The highest BCUT2D eigenvalue weighted by Crippen LogP contribution is 2.46. The third kappa shape index (κ3) is 5.12. The number of ether oxygens (including phenoxy) is 3. The van der Waals surface area contributed by atoms with E-state index in [9.17, 15) is 14.7 Å². The molecule has 1 amide bonds. The summed E-state index contributed by atoms with van der Waals surface area (Å²) < 4.78 is 16.1. The Kier molecular flexibility index (Phi) is 7.51. The van der Waals surface area contributed by atoms with Crippen LogP contribution in [0.5, 0.6) is 23.0 Å². The molecule has 0 saturated heterocycles. The van der Waals surface area contributed by atoms with Gasteiger partial charge in [0.2, 0.25) is 0 Å². The predicted octanol–water partition coefficient (Wildman–Crippen LogP) is 5.42. The standard InChI is InChI=1S/C32H32N2O6/c1-18-29(32(37)34-22-8-12-24(38-2)13-9-22)30(19-5-10-23(35)11-6-19)31-25(33-18)15-21(16-26(31)36)20-7-14-27(39-3)28(17-20)40-4/h5-14,17,21,30,33,35H,15-16H2,1-4H3,(H,34,37)/t21-,30+/m0/s1. The minimum absolute atomic E-state index is 0.0335. The molecule has 0 bridgehead atoms. The number of carbonyl (C=O) groups excluding carboxylic acids is 2. The molecular weight excluding hydrogens is 508 g/mol. The molecule has 0 unspecified atom stereocenters. The van der Waals surface area contributed by atoms with Gasteiger partial charge < -0.3 is 30.0 Å². The minimum atomic E-state index is -0.589. The Labute approximate surface area is 233 Å². The van der Waals surface area contributed by atoms with Gasteiger partial charge in [0, 0.05) is 40.6 Å². The number of nitrogens with one attached hydrogen (secondary N) is 2. The minimum Gasteiger partial charge on any atom is -0.508 e.